The Balaban J connectivity index is 3.98. The smallest absolute Gasteiger partial charge is 0.306 e. The van der Waals surface area contributed by atoms with Crippen LogP contribution in [0.5, 0.6) is 0 Å². The molecule has 0 saturated heterocycles. The molecule has 0 saturated carbocycles. The zero-order chi connectivity index (χ0) is 59.9. The van der Waals surface area contributed by atoms with E-state index < -0.39 is 6.10 Å². The number of carbonyl (C=O) groups is 3. The van der Waals surface area contributed by atoms with E-state index in [1.165, 1.54) is 154 Å². The first-order valence-corrected chi connectivity index (χ1v) is 35.0. The third kappa shape index (κ3) is 68.5. The fourth-order valence-electron chi connectivity index (χ4n) is 9.79. The van der Waals surface area contributed by atoms with Gasteiger partial charge in [-0.2, -0.15) is 0 Å². The number of allylic oxidation sites excluding steroid dienone is 20. The molecule has 0 aliphatic heterocycles. The second-order valence-electron chi connectivity index (χ2n) is 23.0. The highest BCUT2D eigenvalue weighted by Crippen LogP contribution is 2.17. The van der Waals surface area contributed by atoms with Crippen molar-refractivity contribution in [2.45, 2.75) is 335 Å². The second kappa shape index (κ2) is 70.3. The molecule has 0 aromatic heterocycles. The third-order valence-electron chi connectivity index (χ3n) is 15.0. The zero-order valence-electron chi connectivity index (χ0n) is 54.4. The van der Waals surface area contributed by atoms with E-state index in [9.17, 15) is 14.4 Å². The van der Waals surface area contributed by atoms with Gasteiger partial charge in [0.05, 0.1) is 0 Å². The predicted octanol–water partition coefficient (Wildman–Crippen LogP) is 24.3. The lowest BCUT2D eigenvalue weighted by molar-refractivity contribution is -0.167. The molecule has 0 fully saturated rings. The number of rotatable bonds is 63. The molecule has 6 heteroatoms. The van der Waals surface area contributed by atoms with Gasteiger partial charge in [-0.3, -0.25) is 14.4 Å². The molecule has 1 atom stereocenters. The van der Waals surface area contributed by atoms with Crippen molar-refractivity contribution in [3.05, 3.63) is 122 Å². The molecule has 0 spiro atoms. The molecule has 0 aliphatic rings. The largest absolute Gasteiger partial charge is 0.462 e. The lowest BCUT2D eigenvalue weighted by Crippen LogP contribution is -2.30. The van der Waals surface area contributed by atoms with Crippen LogP contribution in [-0.2, 0) is 28.6 Å². The minimum Gasteiger partial charge on any atom is -0.462 e. The summed E-state index contributed by atoms with van der Waals surface area (Å²) in [6.07, 6.45) is 98.5. The van der Waals surface area contributed by atoms with Gasteiger partial charge < -0.3 is 14.2 Å². The van der Waals surface area contributed by atoms with Gasteiger partial charge in [-0.25, -0.2) is 0 Å². The SMILES string of the molecule is CC/C=C\C/C=C\C/C=C\C/C=C\C/C=C\C/C=C\CCCCCCCCCCC(=O)OC(COC(=O)CCCCCCC)COC(=O)CCCCCCCCCCCCCCCCCCCCCC/C=C\C/C=C\C/C=C\C/C=C\CC. The van der Waals surface area contributed by atoms with E-state index in [-0.39, 0.29) is 31.1 Å². The molecule has 0 amide bonds. The molecular formula is C77H130O6. The lowest BCUT2D eigenvalue weighted by atomic mass is 10.0. The quantitative estimate of drug-likeness (QED) is 0.0261. The van der Waals surface area contributed by atoms with Gasteiger partial charge in [-0.15, -0.1) is 0 Å². The summed E-state index contributed by atoms with van der Waals surface area (Å²) in [6.45, 7) is 6.35. The number of esters is 3. The van der Waals surface area contributed by atoms with Crippen molar-refractivity contribution in [1.29, 1.82) is 0 Å². The van der Waals surface area contributed by atoms with Crippen LogP contribution < -0.4 is 0 Å². The Morgan fingerprint density at radius 2 is 0.470 bits per heavy atom. The molecule has 0 bridgehead atoms. The predicted molar refractivity (Wildman–Crippen MR) is 362 cm³/mol. The Bertz CT molecular complexity index is 1700. The molecule has 1 unspecified atom stereocenters. The fourth-order valence-corrected chi connectivity index (χ4v) is 9.79. The summed E-state index contributed by atoms with van der Waals surface area (Å²) >= 11 is 0. The van der Waals surface area contributed by atoms with Crippen LogP contribution in [0.2, 0.25) is 0 Å². The minimum atomic E-state index is -0.780. The molecule has 474 valence electrons. The van der Waals surface area contributed by atoms with E-state index in [1.54, 1.807) is 0 Å². The minimum absolute atomic E-state index is 0.0796. The van der Waals surface area contributed by atoms with Gasteiger partial charge in [0, 0.05) is 19.3 Å². The highest BCUT2D eigenvalue weighted by Gasteiger charge is 2.19. The third-order valence-corrected chi connectivity index (χ3v) is 15.0. The summed E-state index contributed by atoms with van der Waals surface area (Å²) in [5.41, 5.74) is 0. The van der Waals surface area contributed by atoms with Gasteiger partial charge in [0.15, 0.2) is 6.10 Å². The molecule has 83 heavy (non-hydrogen) atoms. The Morgan fingerprint density at radius 1 is 0.253 bits per heavy atom. The highest BCUT2D eigenvalue weighted by atomic mass is 16.6. The molecule has 0 N–H and O–H groups in total. The van der Waals surface area contributed by atoms with Gasteiger partial charge in [0.2, 0.25) is 0 Å². The van der Waals surface area contributed by atoms with Crippen LogP contribution in [0.15, 0.2) is 122 Å². The number of hydrogen-bond acceptors (Lipinski definition) is 6. The van der Waals surface area contributed by atoms with Crippen LogP contribution in [0.3, 0.4) is 0 Å². The average Bonchev–Trinajstić information content (AvgIpc) is 3.49. The summed E-state index contributed by atoms with van der Waals surface area (Å²) < 4.78 is 16.8. The first-order chi connectivity index (χ1) is 41.0. The van der Waals surface area contributed by atoms with E-state index in [2.05, 4.69) is 142 Å². The van der Waals surface area contributed by atoms with E-state index in [0.29, 0.717) is 19.3 Å². The Morgan fingerprint density at radius 3 is 0.735 bits per heavy atom. The summed E-state index contributed by atoms with van der Waals surface area (Å²) in [5, 5.41) is 0. The standard InChI is InChI=1S/C77H130O6/c1-4-7-10-13-15-17-19-21-23-25-27-29-31-33-35-36-37-38-39-40-42-43-45-47-49-51-53-55-57-59-61-64-67-70-76(79)82-73-74(72-81-75(78)69-66-63-12-9-6-3)83-77(80)71-68-65-62-60-58-56-54-52-50-48-46-44-41-34-32-30-28-26-24-22-20-18-16-14-11-8-5-2/h7-8,10-11,15-18,21-24,27-30,34,41,46,48,74H,4-6,9,12-14,19-20,25-26,31-33,35-40,42-45,47,49-73H2,1-3H3/b10-7-,11-8-,17-15-,18-16-,23-21-,24-22-,29-27-,30-28-,41-34-,48-46-. The molecule has 0 heterocycles. The van der Waals surface area contributed by atoms with Crippen molar-refractivity contribution in [3.63, 3.8) is 0 Å². The van der Waals surface area contributed by atoms with Crippen LogP contribution in [0.4, 0.5) is 0 Å². The van der Waals surface area contributed by atoms with Crippen molar-refractivity contribution >= 4 is 17.9 Å². The first-order valence-electron chi connectivity index (χ1n) is 35.0. The Kier molecular flexibility index (Phi) is 66.7. The molecule has 0 rings (SSSR count). The van der Waals surface area contributed by atoms with Crippen LogP contribution >= 0.6 is 0 Å². The maximum absolute atomic E-state index is 12.9. The number of hydrogen-bond donors (Lipinski definition) is 0. The van der Waals surface area contributed by atoms with Crippen molar-refractivity contribution in [3.8, 4) is 0 Å². The van der Waals surface area contributed by atoms with Crippen LogP contribution in [0, 0.1) is 0 Å². The number of ether oxygens (including phenoxy) is 3. The maximum Gasteiger partial charge on any atom is 0.306 e. The summed E-state index contributed by atoms with van der Waals surface area (Å²) in [7, 11) is 0. The van der Waals surface area contributed by atoms with Crippen molar-refractivity contribution in [2.75, 3.05) is 13.2 Å². The first kappa shape index (κ1) is 78.8. The topological polar surface area (TPSA) is 78.9 Å². The number of carbonyl (C=O) groups excluding carboxylic acids is 3. The van der Waals surface area contributed by atoms with Crippen LogP contribution in [-0.4, -0.2) is 37.2 Å². The second-order valence-corrected chi connectivity index (χ2v) is 23.0. The number of unbranched alkanes of at least 4 members (excludes halogenated alkanes) is 32. The van der Waals surface area contributed by atoms with Gasteiger partial charge in [0.1, 0.15) is 13.2 Å². The van der Waals surface area contributed by atoms with Crippen molar-refractivity contribution in [1.82, 2.24) is 0 Å². The fraction of sp³-hybridized carbons (Fsp3) is 0.701. The molecule has 0 aromatic carbocycles. The van der Waals surface area contributed by atoms with E-state index in [1.807, 2.05) is 0 Å². The van der Waals surface area contributed by atoms with Crippen LogP contribution in [0.1, 0.15) is 329 Å². The van der Waals surface area contributed by atoms with E-state index in [4.69, 9.17) is 14.2 Å². The van der Waals surface area contributed by atoms with Crippen LogP contribution in [0.25, 0.3) is 0 Å². The summed E-state index contributed by atoms with van der Waals surface area (Å²) in [5.74, 6) is -0.892. The molecule has 0 aromatic rings. The van der Waals surface area contributed by atoms with Gasteiger partial charge >= 0.3 is 17.9 Å². The van der Waals surface area contributed by atoms with E-state index >= 15 is 0 Å². The zero-order valence-corrected chi connectivity index (χ0v) is 54.4. The monoisotopic (exact) mass is 1150 g/mol. The normalized spacial score (nSPS) is 12.9. The summed E-state index contributed by atoms with van der Waals surface area (Å²) in [6, 6.07) is 0. The Hall–Kier alpha value is -4.19. The van der Waals surface area contributed by atoms with Gasteiger partial charge in [-0.05, 0) is 109 Å². The highest BCUT2D eigenvalue weighted by molar-refractivity contribution is 5.71. The van der Waals surface area contributed by atoms with Gasteiger partial charge in [0.25, 0.3) is 0 Å². The molecular weight excluding hydrogens is 1020 g/mol. The molecule has 0 radical (unpaired) electrons. The van der Waals surface area contributed by atoms with Crippen molar-refractivity contribution in [2.24, 2.45) is 0 Å². The molecule has 0 aliphatic carbocycles. The lowest BCUT2D eigenvalue weighted by Gasteiger charge is -2.18. The van der Waals surface area contributed by atoms with Gasteiger partial charge in [-0.1, -0.05) is 322 Å². The maximum atomic E-state index is 12.9. The summed E-state index contributed by atoms with van der Waals surface area (Å²) in [4.78, 5) is 38.0. The van der Waals surface area contributed by atoms with E-state index in [0.717, 1.165) is 135 Å². The Labute approximate surface area is 513 Å². The van der Waals surface area contributed by atoms with Crippen molar-refractivity contribution < 1.29 is 28.6 Å². The molecule has 6 nitrogen and oxygen atoms in total. The average molecular weight is 1150 g/mol.